The first kappa shape index (κ1) is 19.5. The van der Waals surface area contributed by atoms with Crippen LogP contribution in [-0.4, -0.2) is 50.1 Å². The van der Waals surface area contributed by atoms with Crippen molar-refractivity contribution in [1.29, 1.82) is 0 Å². The molecule has 1 saturated heterocycles. The van der Waals surface area contributed by atoms with E-state index >= 15 is 0 Å². The largest absolute Gasteiger partial charge is 0.369 e. The summed E-state index contributed by atoms with van der Waals surface area (Å²) in [7, 11) is 0. The molecule has 1 fully saturated rings. The Morgan fingerprint density at radius 3 is 2.38 bits per heavy atom. The normalized spacial score (nSPS) is 14.8. The lowest BCUT2D eigenvalue weighted by atomic mass is 10.0. The fourth-order valence-electron chi connectivity index (χ4n) is 4.08. The van der Waals surface area contributed by atoms with Crippen molar-refractivity contribution in [1.82, 2.24) is 10.2 Å². The molecule has 4 nitrogen and oxygen atoms in total. The van der Waals surface area contributed by atoms with Gasteiger partial charge in [0.05, 0.1) is 6.42 Å². The van der Waals surface area contributed by atoms with Gasteiger partial charge in [0.25, 0.3) is 0 Å². The average molecular weight is 388 g/mol. The topological polar surface area (TPSA) is 35.6 Å². The quantitative estimate of drug-likeness (QED) is 0.628. The first-order valence-electron chi connectivity index (χ1n) is 10.6. The Bertz CT molecular complexity index is 928. The monoisotopic (exact) mass is 387 g/mol. The van der Waals surface area contributed by atoms with Crippen LogP contribution in [-0.2, 0) is 11.2 Å². The van der Waals surface area contributed by atoms with E-state index in [-0.39, 0.29) is 5.91 Å². The smallest absolute Gasteiger partial charge is 0.224 e. The minimum atomic E-state index is 0.107. The van der Waals surface area contributed by atoms with Crippen LogP contribution in [0.2, 0.25) is 0 Å². The molecule has 1 heterocycles. The number of nitrogens with zero attached hydrogens (tertiary/aromatic N) is 2. The Hall–Kier alpha value is -2.85. The van der Waals surface area contributed by atoms with Gasteiger partial charge in [-0.2, -0.15) is 0 Å². The Morgan fingerprint density at radius 1 is 0.828 bits per heavy atom. The van der Waals surface area contributed by atoms with E-state index < -0.39 is 0 Å². The average Bonchev–Trinajstić information content (AvgIpc) is 2.78. The highest BCUT2D eigenvalue weighted by atomic mass is 16.1. The Labute approximate surface area is 173 Å². The van der Waals surface area contributed by atoms with Crippen LogP contribution in [0.25, 0.3) is 10.8 Å². The van der Waals surface area contributed by atoms with E-state index in [2.05, 4.69) is 63.6 Å². The van der Waals surface area contributed by atoms with Crippen molar-refractivity contribution >= 4 is 22.4 Å². The maximum atomic E-state index is 12.4. The third-order valence-electron chi connectivity index (χ3n) is 5.70. The maximum Gasteiger partial charge on any atom is 0.224 e. The third kappa shape index (κ3) is 5.15. The van der Waals surface area contributed by atoms with Crippen LogP contribution < -0.4 is 10.2 Å². The van der Waals surface area contributed by atoms with Gasteiger partial charge >= 0.3 is 0 Å². The van der Waals surface area contributed by atoms with Crippen LogP contribution in [0, 0.1) is 0 Å². The summed E-state index contributed by atoms with van der Waals surface area (Å²) in [5.74, 6) is 0.107. The van der Waals surface area contributed by atoms with Gasteiger partial charge in [-0.25, -0.2) is 0 Å². The second kappa shape index (κ2) is 9.57. The van der Waals surface area contributed by atoms with Crippen molar-refractivity contribution in [3.63, 3.8) is 0 Å². The minimum Gasteiger partial charge on any atom is -0.369 e. The number of amides is 1. The lowest BCUT2D eigenvalue weighted by Gasteiger charge is -2.36. The van der Waals surface area contributed by atoms with Gasteiger partial charge in [-0.1, -0.05) is 60.7 Å². The number of nitrogens with one attached hydrogen (secondary N) is 1. The van der Waals surface area contributed by atoms with Gasteiger partial charge in [0.1, 0.15) is 0 Å². The highest BCUT2D eigenvalue weighted by Crippen LogP contribution is 2.19. The van der Waals surface area contributed by atoms with Crippen molar-refractivity contribution in [2.24, 2.45) is 0 Å². The van der Waals surface area contributed by atoms with Gasteiger partial charge in [0.15, 0.2) is 0 Å². The van der Waals surface area contributed by atoms with Crippen LogP contribution in [0.5, 0.6) is 0 Å². The van der Waals surface area contributed by atoms with Gasteiger partial charge in [-0.3, -0.25) is 9.69 Å². The number of carbonyl (C=O) groups is 1. The van der Waals surface area contributed by atoms with Gasteiger partial charge in [-0.05, 0) is 41.4 Å². The molecule has 0 spiro atoms. The lowest BCUT2D eigenvalue weighted by molar-refractivity contribution is -0.120. The summed E-state index contributed by atoms with van der Waals surface area (Å²) >= 11 is 0. The number of benzene rings is 3. The Kier molecular flexibility index (Phi) is 6.42. The Balaban J connectivity index is 1.17. The number of carbonyl (C=O) groups excluding carboxylic acids is 1. The molecule has 1 N–H and O–H groups in total. The summed E-state index contributed by atoms with van der Waals surface area (Å²) in [5, 5.41) is 5.45. The van der Waals surface area contributed by atoms with Crippen molar-refractivity contribution < 1.29 is 4.79 Å². The molecule has 3 aromatic carbocycles. The van der Waals surface area contributed by atoms with E-state index in [1.807, 2.05) is 24.3 Å². The Morgan fingerprint density at radius 2 is 1.55 bits per heavy atom. The lowest BCUT2D eigenvalue weighted by Crippen LogP contribution is -2.47. The first-order valence-corrected chi connectivity index (χ1v) is 10.6. The number of fused-ring (bicyclic) bond motifs is 1. The highest BCUT2D eigenvalue weighted by molar-refractivity contribution is 5.90. The van der Waals surface area contributed by atoms with Gasteiger partial charge in [-0.15, -0.1) is 0 Å². The molecule has 29 heavy (non-hydrogen) atoms. The fourth-order valence-corrected chi connectivity index (χ4v) is 4.08. The summed E-state index contributed by atoms with van der Waals surface area (Å²) in [6.07, 6.45) is 1.43. The zero-order valence-corrected chi connectivity index (χ0v) is 16.9. The molecular formula is C25H29N3O. The van der Waals surface area contributed by atoms with E-state index in [9.17, 15) is 4.79 Å². The third-order valence-corrected chi connectivity index (χ3v) is 5.70. The van der Waals surface area contributed by atoms with E-state index in [0.29, 0.717) is 6.42 Å². The summed E-state index contributed by atoms with van der Waals surface area (Å²) in [6, 6.07) is 25.0. The number of rotatable bonds is 7. The molecule has 0 saturated carbocycles. The van der Waals surface area contributed by atoms with Gasteiger partial charge in [0, 0.05) is 38.4 Å². The molecule has 150 valence electrons. The van der Waals surface area contributed by atoms with Crippen LogP contribution in [0.3, 0.4) is 0 Å². The molecule has 4 heteroatoms. The molecule has 0 bridgehead atoms. The summed E-state index contributed by atoms with van der Waals surface area (Å²) in [4.78, 5) is 17.3. The van der Waals surface area contributed by atoms with E-state index in [1.54, 1.807) is 0 Å². The zero-order valence-electron chi connectivity index (χ0n) is 16.9. The number of anilines is 1. The SMILES string of the molecule is O=C(Cc1cccc2ccccc12)NCCCN1CCN(c2ccccc2)CC1. The predicted molar refractivity (Wildman–Crippen MR) is 120 cm³/mol. The molecular weight excluding hydrogens is 358 g/mol. The van der Waals surface area contributed by atoms with Gasteiger partial charge in [0.2, 0.25) is 5.91 Å². The molecule has 4 rings (SSSR count). The maximum absolute atomic E-state index is 12.4. The first-order chi connectivity index (χ1) is 14.3. The molecule has 0 radical (unpaired) electrons. The zero-order chi connectivity index (χ0) is 19.9. The molecule has 0 aliphatic carbocycles. The molecule has 1 amide bonds. The van der Waals surface area contributed by atoms with Crippen molar-refractivity contribution in [3.8, 4) is 0 Å². The number of para-hydroxylation sites is 1. The van der Waals surface area contributed by atoms with Crippen LogP contribution in [0.15, 0.2) is 72.8 Å². The van der Waals surface area contributed by atoms with E-state index in [0.717, 1.165) is 51.3 Å². The second-order valence-electron chi connectivity index (χ2n) is 7.68. The summed E-state index contributed by atoms with van der Waals surface area (Å²) < 4.78 is 0. The fraction of sp³-hybridized carbons (Fsp3) is 0.320. The molecule has 1 aliphatic rings. The van der Waals surface area contributed by atoms with Crippen molar-refractivity contribution in [3.05, 3.63) is 78.4 Å². The molecule has 0 aromatic heterocycles. The van der Waals surface area contributed by atoms with E-state index in [4.69, 9.17) is 0 Å². The summed E-state index contributed by atoms with van der Waals surface area (Å²) in [5.41, 5.74) is 2.41. The van der Waals surface area contributed by atoms with Crippen molar-refractivity contribution in [2.45, 2.75) is 12.8 Å². The second-order valence-corrected chi connectivity index (χ2v) is 7.68. The predicted octanol–water partition coefficient (Wildman–Crippen LogP) is 3.71. The molecule has 0 atom stereocenters. The molecule has 1 aliphatic heterocycles. The van der Waals surface area contributed by atoms with E-state index in [1.165, 1.54) is 16.5 Å². The van der Waals surface area contributed by atoms with Gasteiger partial charge < -0.3 is 10.2 Å². The standard InChI is InChI=1S/C25H29N3O/c29-25(20-22-10-6-9-21-8-4-5-13-24(21)22)26-14-7-15-27-16-18-28(19-17-27)23-11-2-1-3-12-23/h1-6,8-13H,7,14-20H2,(H,26,29). The molecule has 3 aromatic rings. The number of piperazine rings is 1. The summed E-state index contributed by atoms with van der Waals surface area (Å²) in [6.45, 7) is 6.08. The van der Waals surface area contributed by atoms with Crippen LogP contribution >= 0.6 is 0 Å². The van der Waals surface area contributed by atoms with Crippen LogP contribution in [0.1, 0.15) is 12.0 Å². The highest BCUT2D eigenvalue weighted by Gasteiger charge is 2.16. The number of hydrogen-bond acceptors (Lipinski definition) is 3. The molecule has 0 unspecified atom stereocenters. The van der Waals surface area contributed by atoms with Crippen LogP contribution in [0.4, 0.5) is 5.69 Å². The minimum absolute atomic E-state index is 0.107. The number of hydrogen-bond donors (Lipinski definition) is 1. The van der Waals surface area contributed by atoms with Crippen molar-refractivity contribution in [2.75, 3.05) is 44.2 Å².